The normalized spacial score (nSPS) is 11.1. The fourth-order valence-electron chi connectivity index (χ4n) is 1.26. The molecule has 8 heteroatoms. The molecular formula is C12H14F2N2O4. The van der Waals surface area contributed by atoms with Crippen LogP contribution in [0.1, 0.15) is 13.8 Å². The highest BCUT2D eigenvalue weighted by atomic mass is 19.3. The number of urea groups is 1. The van der Waals surface area contributed by atoms with E-state index in [0.717, 1.165) is 0 Å². The number of para-hydroxylation sites is 2. The van der Waals surface area contributed by atoms with E-state index in [2.05, 4.69) is 15.4 Å². The zero-order valence-electron chi connectivity index (χ0n) is 10.8. The second-order valence-electron chi connectivity index (χ2n) is 4.38. The number of ether oxygens (including phenoxy) is 1. The minimum atomic E-state index is -3.03. The SMILES string of the molecule is CC(C)(NC(=O)Nc1ccccc1OC(F)F)C(=O)O. The predicted molar refractivity (Wildman–Crippen MR) is 66.9 cm³/mol. The van der Waals surface area contributed by atoms with Crippen LogP contribution < -0.4 is 15.4 Å². The Kier molecular flexibility index (Phi) is 4.84. The molecule has 6 nitrogen and oxygen atoms in total. The van der Waals surface area contributed by atoms with Gasteiger partial charge in [-0.2, -0.15) is 8.78 Å². The minimum absolute atomic E-state index is 0.00601. The molecule has 1 rings (SSSR count). The van der Waals surface area contributed by atoms with Crippen molar-refractivity contribution in [3.63, 3.8) is 0 Å². The smallest absolute Gasteiger partial charge is 0.387 e. The summed E-state index contributed by atoms with van der Waals surface area (Å²) >= 11 is 0. The topological polar surface area (TPSA) is 87.7 Å². The lowest BCUT2D eigenvalue weighted by molar-refractivity contribution is -0.142. The van der Waals surface area contributed by atoms with Gasteiger partial charge < -0.3 is 20.5 Å². The first-order valence-electron chi connectivity index (χ1n) is 5.59. The second-order valence-corrected chi connectivity index (χ2v) is 4.38. The number of halogens is 2. The van der Waals surface area contributed by atoms with E-state index < -0.39 is 24.2 Å². The van der Waals surface area contributed by atoms with Crippen molar-refractivity contribution in [2.24, 2.45) is 0 Å². The molecule has 0 bridgehead atoms. The molecule has 110 valence electrons. The van der Waals surface area contributed by atoms with Gasteiger partial charge in [0.1, 0.15) is 11.3 Å². The van der Waals surface area contributed by atoms with Gasteiger partial charge in [0, 0.05) is 0 Å². The van der Waals surface area contributed by atoms with E-state index in [1.165, 1.54) is 38.1 Å². The summed E-state index contributed by atoms with van der Waals surface area (Å²) in [6.07, 6.45) is 0. The number of nitrogens with one attached hydrogen (secondary N) is 2. The van der Waals surface area contributed by atoms with Gasteiger partial charge in [0.15, 0.2) is 0 Å². The van der Waals surface area contributed by atoms with Crippen molar-refractivity contribution in [1.29, 1.82) is 0 Å². The average molecular weight is 288 g/mol. The highest BCUT2D eigenvalue weighted by Crippen LogP contribution is 2.25. The number of hydrogen-bond acceptors (Lipinski definition) is 3. The van der Waals surface area contributed by atoms with Crippen LogP contribution in [-0.2, 0) is 4.79 Å². The summed E-state index contributed by atoms with van der Waals surface area (Å²) in [7, 11) is 0. The molecule has 0 saturated heterocycles. The van der Waals surface area contributed by atoms with Crippen LogP contribution in [0.5, 0.6) is 5.75 Å². The molecule has 0 aliphatic rings. The molecule has 0 spiro atoms. The average Bonchev–Trinajstić information content (AvgIpc) is 2.30. The van der Waals surface area contributed by atoms with E-state index in [1.807, 2.05) is 0 Å². The van der Waals surface area contributed by atoms with Gasteiger partial charge in [-0.25, -0.2) is 9.59 Å². The van der Waals surface area contributed by atoms with Crippen LogP contribution in [0.4, 0.5) is 19.3 Å². The van der Waals surface area contributed by atoms with E-state index >= 15 is 0 Å². The molecule has 0 aromatic heterocycles. The van der Waals surface area contributed by atoms with Crippen LogP contribution in [0, 0.1) is 0 Å². The number of alkyl halides is 2. The maximum Gasteiger partial charge on any atom is 0.387 e. The first-order chi connectivity index (χ1) is 9.22. The standard InChI is InChI=1S/C12H14F2N2O4/c1-12(2,9(17)18)16-11(19)15-7-5-3-4-6-8(7)20-10(13)14/h3-6,10H,1-2H3,(H,17,18)(H2,15,16,19). The number of carbonyl (C=O) groups excluding carboxylic acids is 1. The van der Waals surface area contributed by atoms with Gasteiger partial charge in [-0.05, 0) is 26.0 Å². The zero-order chi connectivity index (χ0) is 15.3. The Morgan fingerprint density at radius 2 is 1.90 bits per heavy atom. The van der Waals surface area contributed by atoms with E-state index in [0.29, 0.717) is 0 Å². The number of carbonyl (C=O) groups is 2. The van der Waals surface area contributed by atoms with Crippen LogP contribution >= 0.6 is 0 Å². The molecule has 0 atom stereocenters. The van der Waals surface area contributed by atoms with Crippen LogP contribution in [-0.4, -0.2) is 29.3 Å². The fourth-order valence-corrected chi connectivity index (χ4v) is 1.26. The summed E-state index contributed by atoms with van der Waals surface area (Å²) in [6.45, 7) is -0.455. The highest BCUT2D eigenvalue weighted by Gasteiger charge is 2.29. The van der Waals surface area contributed by atoms with Crippen molar-refractivity contribution >= 4 is 17.7 Å². The monoisotopic (exact) mass is 288 g/mol. The Morgan fingerprint density at radius 3 is 2.45 bits per heavy atom. The Balaban J connectivity index is 2.78. The maximum atomic E-state index is 12.2. The molecule has 0 heterocycles. The van der Waals surface area contributed by atoms with Crippen molar-refractivity contribution in [2.75, 3.05) is 5.32 Å². The van der Waals surface area contributed by atoms with Crippen LogP contribution in [0.2, 0.25) is 0 Å². The van der Waals surface area contributed by atoms with Crippen molar-refractivity contribution in [3.8, 4) is 5.75 Å². The Hall–Kier alpha value is -2.38. The summed E-state index contributed by atoms with van der Waals surface area (Å²) in [5, 5.41) is 13.3. The number of rotatable bonds is 5. The number of benzene rings is 1. The molecule has 1 aromatic carbocycles. The van der Waals surface area contributed by atoms with Crippen LogP contribution in [0.25, 0.3) is 0 Å². The van der Waals surface area contributed by atoms with Crippen molar-refractivity contribution in [2.45, 2.75) is 26.0 Å². The molecule has 20 heavy (non-hydrogen) atoms. The Bertz CT molecular complexity index is 506. The summed E-state index contributed by atoms with van der Waals surface area (Å²) in [5.74, 6) is -1.45. The van der Waals surface area contributed by atoms with Gasteiger partial charge in [0.05, 0.1) is 5.69 Å². The summed E-state index contributed by atoms with van der Waals surface area (Å²) in [5.41, 5.74) is -1.49. The van der Waals surface area contributed by atoms with Gasteiger partial charge in [-0.15, -0.1) is 0 Å². The van der Waals surface area contributed by atoms with Crippen LogP contribution in [0.15, 0.2) is 24.3 Å². The molecule has 0 aliphatic carbocycles. The van der Waals surface area contributed by atoms with Crippen molar-refractivity contribution in [3.05, 3.63) is 24.3 Å². The lowest BCUT2D eigenvalue weighted by Gasteiger charge is -2.21. The number of carboxylic acids is 1. The third-order valence-electron chi connectivity index (χ3n) is 2.31. The van der Waals surface area contributed by atoms with Crippen molar-refractivity contribution in [1.82, 2.24) is 5.32 Å². The second kappa shape index (κ2) is 6.18. The molecule has 0 unspecified atom stereocenters. The van der Waals surface area contributed by atoms with Gasteiger partial charge >= 0.3 is 18.6 Å². The molecule has 1 aromatic rings. The zero-order valence-corrected chi connectivity index (χ0v) is 10.8. The lowest BCUT2D eigenvalue weighted by Crippen LogP contribution is -2.51. The number of hydrogen-bond donors (Lipinski definition) is 3. The van der Waals surface area contributed by atoms with Gasteiger partial charge in [-0.1, -0.05) is 12.1 Å². The molecule has 0 radical (unpaired) electrons. The first kappa shape index (κ1) is 15.7. The van der Waals surface area contributed by atoms with E-state index in [9.17, 15) is 18.4 Å². The van der Waals surface area contributed by atoms with E-state index in [4.69, 9.17) is 5.11 Å². The Labute approximate surface area is 113 Å². The summed E-state index contributed by atoms with van der Waals surface area (Å²) in [4.78, 5) is 22.5. The minimum Gasteiger partial charge on any atom is -0.480 e. The highest BCUT2D eigenvalue weighted by molar-refractivity contribution is 5.94. The number of amides is 2. The molecular weight excluding hydrogens is 274 g/mol. The maximum absolute atomic E-state index is 12.2. The predicted octanol–water partition coefficient (Wildman–Crippen LogP) is 2.27. The third kappa shape index (κ3) is 4.38. The van der Waals surface area contributed by atoms with Gasteiger partial charge in [0.25, 0.3) is 0 Å². The largest absolute Gasteiger partial charge is 0.480 e. The van der Waals surface area contributed by atoms with Crippen LogP contribution in [0.3, 0.4) is 0 Å². The number of aliphatic carboxylic acids is 1. The van der Waals surface area contributed by atoms with E-state index in [-0.39, 0.29) is 11.4 Å². The fraction of sp³-hybridized carbons (Fsp3) is 0.333. The van der Waals surface area contributed by atoms with E-state index in [1.54, 1.807) is 0 Å². The molecule has 0 fully saturated rings. The first-order valence-corrected chi connectivity index (χ1v) is 5.59. The Morgan fingerprint density at radius 1 is 1.30 bits per heavy atom. The molecule has 3 N–H and O–H groups in total. The molecule has 2 amide bonds. The third-order valence-corrected chi connectivity index (χ3v) is 2.31. The summed E-state index contributed by atoms with van der Waals surface area (Å²) < 4.78 is 28.6. The van der Waals surface area contributed by atoms with Gasteiger partial charge in [0.2, 0.25) is 0 Å². The van der Waals surface area contributed by atoms with Gasteiger partial charge in [-0.3, -0.25) is 0 Å². The number of anilines is 1. The number of carboxylic acid groups (broad SMARTS) is 1. The summed E-state index contributed by atoms with van der Waals surface area (Å²) in [6, 6.07) is 4.73. The quantitative estimate of drug-likeness (QED) is 0.775. The molecule has 0 aliphatic heterocycles. The lowest BCUT2D eigenvalue weighted by atomic mass is 10.1. The van der Waals surface area contributed by atoms with Crippen molar-refractivity contribution < 1.29 is 28.2 Å². The molecule has 0 saturated carbocycles.